The molecule has 1 amide bonds. The van der Waals surface area contributed by atoms with Crippen LogP contribution in [0.5, 0.6) is 0 Å². The number of aromatic nitrogens is 2. The Morgan fingerprint density at radius 3 is 2.67 bits per heavy atom. The number of para-hydroxylation sites is 1. The van der Waals surface area contributed by atoms with E-state index in [0.717, 1.165) is 4.57 Å². The number of carbonyl (C=O) groups excluding carboxylic acids is 1. The van der Waals surface area contributed by atoms with E-state index in [1.165, 1.54) is 0 Å². The molecule has 130 valence electrons. The molecule has 0 saturated carbocycles. The zero-order chi connectivity index (χ0) is 17.7. The highest BCUT2D eigenvalue weighted by Crippen LogP contribution is 2.08. The van der Waals surface area contributed by atoms with Crippen LogP contribution in [0.1, 0.15) is 27.2 Å². The molecule has 1 atom stereocenters. The van der Waals surface area contributed by atoms with Crippen LogP contribution in [0, 0.1) is 5.92 Å². The number of ether oxygens (including phenoxy) is 1. The van der Waals surface area contributed by atoms with E-state index in [2.05, 4.69) is 10.3 Å². The van der Waals surface area contributed by atoms with Gasteiger partial charge in [0.05, 0.1) is 30.1 Å². The summed E-state index contributed by atoms with van der Waals surface area (Å²) in [6.07, 6.45) is 0.0748. The van der Waals surface area contributed by atoms with Crippen molar-refractivity contribution in [3.05, 3.63) is 45.1 Å². The van der Waals surface area contributed by atoms with Crippen LogP contribution in [-0.2, 0) is 11.3 Å². The number of nitrogens with one attached hydrogen (secondary N) is 2. The lowest BCUT2D eigenvalue weighted by atomic mass is 10.0. The van der Waals surface area contributed by atoms with Crippen molar-refractivity contribution in [2.75, 3.05) is 6.61 Å². The second-order valence-electron chi connectivity index (χ2n) is 6.08. The van der Waals surface area contributed by atoms with Gasteiger partial charge in [-0.2, -0.15) is 0 Å². The molecule has 0 saturated heterocycles. The summed E-state index contributed by atoms with van der Waals surface area (Å²) in [5.41, 5.74) is -0.352. The number of rotatable bonds is 6. The summed E-state index contributed by atoms with van der Waals surface area (Å²) in [6.45, 7) is 6.09. The Labute approximate surface area is 139 Å². The molecule has 0 bridgehead atoms. The van der Waals surface area contributed by atoms with Crippen molar-refractivity contribution < 1.29 is 9.53 Å². The van der Waals surface area contributed by atoms with Crippen molar-refractivity contribution in [2.45, 2.75) is 39.8 Å². The molecule has 1 unspecified atom stereocenters. The third kappa shape index (κ3) is 4.24. The summed E-state index contributed by atoms with van der Waals surface area (Å²) in [5.74, 6) is 0.284. The zero-order valence-corrected chi connectivity index (χ0v) is 14.2. The van der Waals surface area contributed by atoms with Crippen molar-refractivity contribution in [1.29, 1.82) is 0 Å². The highest BCUT2D eigenvalue weighted by Gasteiger charge is 2.18. The van der Waals surface area contributed by atoms with Crippen LogP contribution in [0.4, 0.5) is 4.79 Å². The Balaban J connectivity index is 2.34. The maximum absolute atomic E-state index is 12.6. The minimum Gasteiger partial charge on any atom is -0.450 e. The van der Waals surface area contributed by atoms with Gasteiger partial charge in [-0.1, -0.05) is 26.0 Å². The summed E-state index contributed by atoms with van der Waals surface area (Å²) < 4.78 is 6.03. The maximum atomic E-state index is 12.6. The van der Waals surface area contributed by atoms with E-state index in [9.17, 15) is 14.4 Å². The van der Waals surface area contributed by atoms with Gasteiger partial charge in [-0.25, -0.2) is 9.59 Å². The molecule has 0 radical (unpaired) electrons. The molecule has 1 aromatic carbocycles. The molecule has 0 aliphatic heterocycles. The van der Waals surface area contributed by atoms with Crippen LogP contribution < -0.4 is 16.6 Å². The standard InChI is InChI=1S/C17H23N3O4/c1-4-24-17(23)18-12(9-11(2)3)10-20-15(21)13-7-5-6-8-14(13)19-16(20)22/h5-8,11-12H,4,9-10H2,1-3H3,(H,18,23)(H,19,22). The zero-order valence-electron chi connectivity index (χ0n) is 14.2. The van der Waals surface area contributed by atoms with E-state index >= 15 is 0 Å². The van der Waals surface area contributed by atoms with Gasteiger partial charge in [0.2, 0.25) is 0 Å². The first-order valence-corrected chi connectivity index (χ1v) is 8.07. The van der Waals surface area contributed by atoms with Crippen LogP contribution in [0.3, 0.4) is 0 Å². The van der Waals surface area contributed by atoms with Crippen LogP contribution >= 0.6 is 0 Å². The fraction of sp³-hybridized carbons (Fsp3) is 0.471. The first-order chi connectivity index (χ1) is 11.4. The monoisotopic (exact) mass is 333 g/mol. The number of amides is 1. The van der Waals surface area contributed by atoms with Gasteiger partial charge >= 0.3 is 11.8 Å². The first kappa shape index (κ1) is 17.8. The Hall–Kier alpha value is -2.57. The van der Waals surface area contributed by atoms with Gasteiger partial charge in [-0.05, 0) is 31.4 Å². The highest BCUT2D eigenvalue weighted by atomic mass is 16.5. The van der Waals surface area contributed by atoms with E-state index in [1.54, 1.807) is 31.2 Å². The Morgan fingerprint density at radius 1 is 1.29 bits per heavy atom. The fourth-order valence-corrected chi connectivity index (χ4v) is 2.67. The molecular weight excluding hydrogens is 310 g/mol. The molecule has 0 aliphatic carbocycles. The van der Waals surface area contributed by atoms with E-state index in [0.29, 0.717) is 17.3 Å². The van der Waals surface area contributed by atoms with Gasteiger partial charge < -0.3 is 15.0 Å². The smallest absolute Gasteiger partial charge is 0.407 e. The number of aromatic amines is 1. The number of benzene rings is 1. The quantitative estimate of drug-likeness (QED) is 0.844. The normalized spacial score (nSPS) is 12.3. The summed E-state index contributed by atoms with van der Waals surface area (Å²) in [6, 6.07) is 6.48. The molecule has 2 N–H and O–H groups in total. The highest BCUT2D eigenvalue weighted by molar-refractivity contribution is 5.76. The second-order valence-corrected chi connectivity index (χ2v) is 6.08. The molecule has 7 nitrogen and oxygen atoms in total. The van der Waals surface area contributed by atoms with Gasteiger partial charge in [0.25, 0.3) is 5.56 Å². The summed E-state index contributed by atoms with van der Waals surface area (Å²) in [7, 11) is 0. The minimum absolute atomic E-state index is 0.0932. The van der Waals surface area contributed by atoms with Gasteiger partial charge in [-0.15, -0.1) is 0 Å². The molecule has 1 heterocycles. The van der Waals surface area contributed by atoms with Gasteiger partial charge in [0.1, 0.15) is 0 Å². The van der Waals surface area contributed by atoms with Crippen LogP contribution in [0.25, 0.3) is 10.9 Å². The van der Waals surface area contributed by atoms with Crippen molar-refractivity contribution >= 4 is 17.0 Å². The van der Waals surface area contributed by atoms with E-state index in [1.807, 2.05) is 13.8 Å². The molecule has 24 heavy (non-hydrogen) atoms. The molecule has 7 heteroatoms. The average Bonchev–Trinajstić information content (AvgIpc) is 2.51. The molecule has 2 rings (SSSR count). The van der Waals surface area contributed by atoms with Crippen molar-refractivity contribution in [1.82, 2.24) is 14.9 Å². The number of alkyl carbamates (subject to hydrolysis) is 1. The molecule has 0 spiro atoms. The molecular formula is C17H23N3O4. The first-order valence-electron chi connectivity index (χ1n) is 8.07. The maximum Gasteiger partial charge on any atom is 0.407 e. The topological polar surface area (TPSA) is 93.2 Å². The van der Waals surface area contributed by atoms with Crippen molar-refractivity contribution in [3.63, 3.8) is 0 Å². The summed E-state index contributed by atoms with van der Waals surface area (Å²) >= 11 is 0. The fourth-order valence-electron chi connectivity index (χ4n) is 2.67. The third-order valence-electron chi connectivity index (χ3n) is 3.65. The SMILES string of the molecule is CCOC(=O)NC(CC(C)C)Cn1c(=O)[nH]c2ccccc2c1=O. The van der Waals surface area contributed by atoms with Gasteiger partial charge in [-0.3, -0.25) is 9.36 Å². The van der Waals surface area contributed by atoms with Crippen molar-refractivity contribution in [3.8, 4) is 0 Å². The molecule has 2 aromatic rings. The molecule has 0 aliphatic rings. The molecule has 1 aromatic heterocycles. The predicted octanol–water partition coefficient (Wildman–Crippen LogP) is 1.85. The number of hydrogen-bond donors (Lipinski definition) is 2. The van der Waals surface area contributed by atoms with Crippen LogP contribution in [0.15, 0.2) is 33.9 Å². The lowest BCUT2D eigenvalue weighted by Crippen LogP contribution is -2.45. The number of H-pyrrole nitrogens is 1. The van der Waals surface area contributed by atoms with E-state index in [4.69, 9.17) is 4.74 Å². The van der Waals surface area contributed by atoms with Crippen molar-refractivity contribution in [2.24, 2.45) is 5.92 Å². The number of hydrogen-bond acceptors (Lipinski definition) is 4. The number of nitrogens with zero attached hydrogens (tertiary/aromatic N) is 1. The number of fused-ring (bicyclic) bond motifs is 1. The average molecular weight is 333 g/mol. The Kier molecular flexibility index (Phi) is 5.78. The van der Waals surface area contributed by atoms with E-state index in [-0.39, 0.29) is 30.7 Å². The number of carbonyl (C=O) groups is 1. The summed E-state index contributed by atoms with van der Waals surface area (Å²) in [4.78, 5) is 39.2. The lowest BCUT2D eigenvalue weighted by molar-refractivity contribution is 0.145. The Bertz CT molecular complexity index is 822. The molecule has 0 fully saturated rings. The second kappa shape index (κ2) is 7.81. The third-order valence-corrected chi connectivity index (χ3v) is 3.65. The van der Waals surface area contributed by atoms with E-state index < -0.39 is 11.8 Å². The largest absolute Gasteiger partial charge is 0.450 e. The van der Waals surface area contributed by atoms with Crippen LogP contribution in [0.2, 0.25) is 0 Å². The van der Waals surface area contributed by atoms with Crippen LogP contribution in [-0.4, -0.2) is 28.3 Å². The minimum atomic E-state index is -0.548. The lowest BCUT2D eigenvalue weighted by Gasteiger charge is -2.21. The van der Waals surface area contributed by atoms with Gasteiger partial charge in [0.15, 0.2) is 0 Å². The van der Waals surface area contributed by atoms with Gasteiger partial charge in [0, 0.05) is 0 Å². The summed E-state index contributed by atoms with van der Waals surface area (Å²) in [5, 5.41) is 3.17. The Morgan fingerprint density at radius 2 is 2.00 bits per heavy atom. The predicted molar refractivity (Wildman–Crippen MR) is 92.2 cm³/mol.